The lowest BCUT2D eigenvalue weighted by Crippen LogP contribution is -2.51. The predicted molar refractivity (Wildman–Crippen MR) is 101 cm³/mol. The topological polar surface area (TPSA) is 66.4 Å². The van der Waals surface area contributed by atoms with Gasteiger partial charge in [-0.3, -0.25) is 4.79 Å². The number of carboxylic acids is 1. The molecule has 4 saturated carbocycles. The molecule has 0 aliphatic heterocycles. The summed E-state index contributed by atoms with van der Waals surface area (Å²) in [6.45, 7) is 0.723. The first-order valence-corrected chi connectivity index (χ1v) is 9.79. The van der Waals surface area contributed by atoms with E-state index in [9.17, 15) is 9.59 Å². The first-order valence-electron chi connectivity index (χ1n) is 9.41. The molecule has 5 heteroatoms. The van der Waals surface area contributed by atoms with Crippen molar-refractivity contribution in [2.45, 2.75) is 38.5 Å². The molecule has 0 radical (unpaired) electrons. The molecule has 4 nitrogen and oxygen atoms in total. The van der Waals surface area contributed by atoms with Crippen LogP contribution in [-0.2, 0) is 4.79 Å². The monoisotopic (exact) mass is 373 g/mol. The molecule has 5 rings (SSSR count). The van der Waals surface area contributed by atoms with E-state index in [1.54, 1.807) is 18.2 Å². The number of halogens is 1. The van der Waals surface area contributed by atoms with Crippen molar-refractivity contribution in [1.82, 2.24) is 5.32 Å². The second-order valence-corrected chi connectivity index (χ2v) is 8.92. The van der Waals surface area contributed by atoms with Gasteiger partial charge in [-0.15, -0.1) is 0 Å². The van der Waals surface area contributed by atoms with Gasteiger partial charge in [0.25, 0.3) is 5.91 Å². The van der Waals surface area contributed by atoms with E-state index < -0.39 is 5.97 Å². The fourth-order valence-corrected chi connectivity index (χ4v) is 6.06. The molecule has 0 unspecified atom stereocenters. The van der Waals surface area contributed by atoms with Crippen molar-refractivity contribution in [3.63, 3.8) is 0 Å². The molecular formula is C21H24ClNO3. The average Bonchev–Trinajstić information content (AvgIpc) is 2.58. The number of carboxylic acid groups (broad SMARTS) is 1. The Morgan fingerprint density at radius 3 is 2.35 bits per heavy atom. The highest BCUT2D eigenvalue weighted by atomic mass is 35.5. The van der Waals surface area contributed by atoms with Crippen molar-refractivity contribution in [2.75, 3.05) is 6.54 Å². The molecule has 1 aromatic rings. The lowest BCUT2D eigenvalue weighted by molar-refractivity contribution is -0.131. The lowest BCUT2D eigenvalue weighted by Gasteiger charge is -2.56. The molecule has 4 aliphatic rings. The van der Waals surface area contributed by atoms with Crippen LogP contribution >= 0.6 is 11.6 Å². The second kappa shape index (κ2) is 6.73. The van der Waals surface area contributed by atoms with Gasteiger partial charge in [0.2, 0.25) is 0 Å². The van der Waals surface area contributed by atoms with Crippen molar-refractivity contribution in [3.05, 3.63) is 40.4 Å². The van der Waals surface area contributed by atoms with E-state index in [1.807, 2.05) is 0 Å². The van der Waals surface area contributed by atoms with Gasteiger partial charge in [0.05, 0.1) is 10.6 Å². The van der Waals surface area contributed by atoms with Gasteiger partial charge in [-0.2, -0.15) is 0 Å². The van der Waals surface area contributed by atoms with Crippen LogP contribution in [0.2, 0.25) is 5.02 Å². The molecule has 0 heterocycles. The number of hydrogen-bond donors (Lipinski definition) is 2. The number of benzene rings is 1. The molecule has 4 aliphatic carbocycles. The largest absolute Gasteiger partial charge is 0.478 e. The van der Waals surface area contributed by atoms with Crippen LogP contribution in [0, 0.1) is 23.2 Å². The standard InChI is InChI=1S/C21H24ClNO3/c22-18-3-1-13(2-4-19(24)25)8-17(18)20(26)23-12-21-9-14-5-15(10-21)7-16(6-14)11-21/h1-4,8,14-16H,5-7,9-12H2,(H,23,26)(H,24,25). The maximum atomic E-state index is 12.7. The Hall–Kier alpha value is -1.81. The summed E-state index contributed by atoms with van der Waals surface area (Å²) >= 11 is 6.21. The van der Waals surface area contributed by atoms with E-state index in [2.05, 4.69) is 5.32 Å². The average molecular weight is 374 g/mol. The summed E-state index contributed by atoms with van der Waals surface area (Å²) in [7, 11) is 0. The SMILES string of the molecule is O=C(O)C=Cc1ccc(Cl)c(C(=O)NCC23CC4CC(CC(C4)C2)C3)c1. The van der Waals surface area contributed by atoms with Crippen molar-refractivity contribution in [3.8, 4) is 0 Å². The Morgan fingerprint density at radius 1 is 1.15 bits per heavy atom. The van der Waals surface area contributed by atoms with Gasteiger partial charge in [-0.05, 0) is 85.5 Å². The fraction of sp³-hybridized carbons (Fsp3) is 0.524. The zero-order valence-electron chi connectivity index (χ0n) is 14.7. The van der Waals surface area contributed by atoms with Crippen LogP contribution in [0.3, 0.4) is 0 Å². The minimum absolute atomic E-state index is 0.170. The second-order valence-electron chi connectivity index (χ2n) is 8.51. The Labute approximate surface area is 158 Å². The molecule has 0 spiro atoms. The Bertz CT molecular complexity index is 735. The maximum Gasteiger partial charge on any atom is 0.328 e. The third-order valence-electron chi connectivity index (χ3n) is 6.44. The number of hydrogen-bond acceptors (Lipinski definition) is 2. The van der Waals surface area contributed by atoms with Gasteiger partial charge >= 0.3 is 5.97 Å². The smallest absolute Gasteiger partial charge is 0.328 e. The summed E-state index contributed by atoms with van der Waals surface area (Å²) in [5, 5.41) is 12.3. The van der Waals surface area contributed by atoms with Gasteiger partial charge < -0.3 is 10.4 Å². The summed E-state index contributed by atoms with van der Waals surface area (Å²) in [4.78, 5) is 23.4. The molecule has 0 atom stereocenters. The number of carbonyl (C=O) groups is 2. The van der Waals surface area contributed by atoms with Crippen LogP contribution in [-0.4, -0.2) is 23.5 Å². The van der Waals surface area contributed by atoms with Crippen molar-refractivity contribution in [1.29, 1.82) is 0 Å². The molecule has 2 N–H and O–H groups in total. The Balaban J connectivity index is 1.45. The molecule has 0 saturated heterocycles. The quantitative estimate of drug-likeness (QED) is 0.752. The summed E-state index contributed by atoms with van der Waals surface area (Å²) in [6.07, 6.45) is 10.4. The minimum Gasteiger partial charge on any atom is -0.478 e. The molecule has 26 heavy (non-hydrogen) atoms. The van der Waals surface area contributed by atoms with Crippen LogP contribution in [0.5, 0.6) is 0 Å². The van der Waals surface area contributed by atoms with Gasteiger partial charge in [0.15, 0.2) is 0 Å². The lowest BCUT2D eigenvalue weighted by atomic mass is 9.49. The van der Waals surface area contributed by atoms with E-state index in [4.69, 9.17) is 16.7 Å². The highest BCUT2D eigenvalue weighted by Crippen LogP contribution is 2.59. The molecule has 4 fully saturated rings. The molecule has 1 aromatic carbocycles. The molecule has 1 amide bonds. The van der Waals surface area contributed by atoms with Crippen molar-refractivity contribution < 1.29 is 14.7 Å². The van der Waals surface area contributed by atoms with E-state index in [1.165, 1.54) is 44.6 Å². The van der Waals surface area contributed by atoms with E-state index in [0.29, 0.717) is 16.1 Å². The van der Waals surface area contributed by atoms with Crippen LogP contribution in [0.25, 0.3) is 6.08 Å². The molecule has 4 bridgehead atoms. The normalized spacial score (nSPS) is 32.1. The summed E-state index contributed by atoms with van der Waals surface area (Å²) in [5.41, 5.74) is 1.33. The first kappa shape index (κ1) is 17.6. The van der Waals surface area contributed by atoms with Crippen LogP contribution in [0.4, 0.5) is 0 Å². The summed E-state index contributed by atoms with van der Waals surface area (Å²) in [6, 6.07) is 5.00. The minimum atomic E-state index is -1.02. The third-order valence-corrected chi connectivity index (χ3v) is 6.77. The van der Waals surface area contributed by atoms with Gasteiger partial charge in [0.1, 0.15) is 0 Å². The maximum absolute atomic E-state index is 12.7. The highest BCUT2D eigenvalue weighted by Gasteiger charge is 2.50. The molecule has 138 valence electrons. The number of nitrogens with one attached hydrogen (secondary N) is 1. The summed E-state index contributed by atoms with van der Waals surface area (Å²) < 4.78 is 0. The van der Waals surface area contributed by atoms with Crippen molar-refractivity contribution in [2.24, 2.45) is 23.2 Å². The molecule has 0 aromatic heterocycles. The molecular weight excluding hydrogens is 350 g/mol. The predicted octanol–water partition coefficient (Wildman–Crippen LogP) is 4.38. The van der Waals surface area contributed by atoms with Gasteiger partial charge in [-0.1, -0.05) is 17.7 Å². The first-order chi connectivity index (χ1) is 12.4. The Morgan fingerprint density at radius 2 is 1.77 bits per heavy atom. The van der Waals surface area contributed by atoms with Crippen LogP contribution in [0.1, 0.15) is 54.4 Å². The van der Waals surface area contributed by atoms with E-state index >= 15 is 0 Å². The summed E-state index contributed by atoms with van der Waals surface area (Å²) in [5.74, 6) is 1.37. The zero-order valence-corrected chi connectivity index (χ0v) is 15.5. The number of rotatable bonds is 5. The third kappa shape index (κ3) is 3.52. The van der Waals surface area contributed by atoms with Crippen LogP contribution in [0.15, 0.2) is 24.3 Å². The number of amides is 1. The van der Waals surface area contributed by atoms with E-state index in [-0.39, 0.29) is 11.3 Å². The Kier molecular flexibility index (Phi) is 4.55. The van der Waals surface area contributed by atoms with Crippen LogP contribution < -0.4 is 5.32 Å². The fourth-order valence-electron chi connectivity index (χ4n) is 5.86. The number of carbonyl (C=O) groups excluding carboxylic acids is 1. The van der Waals surface area contributed by atoms with Gasteiger partial charge in [-0.25, -0.2) is 4.79 Å². The van der Waals surface area contributed by atoms with Gasteiger partial charge in [0, 0.05) is 12.6 Å². The van der Waals surface area contributed by atoms with Crippen molar-refractivity contribution >= 4 is 29.6 Å². The highest BCUT2D eigenvalue weighted by molar-refractivity contribution is 6.33. The zero-order chi connectivity index (χ0) is 18.3. The number of aliphatic carboxylic acids is 1. The van der Waals surface area contributed by atoms with E-state index in [0.717, 1.165) is 30.4 Å².